The van der Waals surface area contributed by atoms with Gasteiger partial charge in [-0.05, 0) is 45.0 Å². The van der Waals surface area contributed by atoms with E-state index in [0.717, 1.165) is 13.1 Å². The SMILES string of the molecule is Cc1ccc(N(C)CC2CCCN2C)c(CNC(C)C)c1. The predicted octanol–water partition coefficient (Wildman–Crippen LogP) is 3.02. The molecule has 3 nitrogen and oxygen atoms in total. The van der Waals surface area contributed by atoms with Crippen molar-refractivity contribution in [3.8, 4) is 0 Å². The second-order valence-electron chi connectivity index (χ2n) is 6.82. The van der Waals surface area contributed by atoms with Crippen LogP contribution in [0.5, 0.6) is 0 Å². The first-order chi connectivity index (χ1) is 9.97. The van der Waals surface area contributed by atoms with E-state index in [9.17, 15) is 0 Å². The van der Waals surface area contributed by atoms with Crippen LogP contribution in [0.2, 0.25) is 0 Å². The van der Waals surface area contributed by atoms with Crippen LogP contribution < -0.4 is 10.2 Å². The van der Waals surface area contributed by atoms with Crippen LogP contribution in [-0.4, -0.2) is 44.2 Å². The average molecular weight is 289 g/mol. The quantitative estimate of drug-likeness (QED) is 0.868. The molecule has 0 saturated carbocycles. The molecule has 0 amide bonds. The van der Waals surface area contributed by atoms with Gasteiger partial charge in [0, 0.05) is 37.9 Å². The first-order valence-electron chi connectivity index (χ1n) is 8.21. The van der Waals surface area contributed by atoms with Gasteiger partial charge < -0.3 is 15.1 Å². The molecule has 1 fully saturated rings. The molecule has 1 aromatic rings. The standard InChI is InChI=1S/C18H31N3/c1-14(2)19-12-16-11-15(3)8-9-18(16)21(5)13-17-7-6-10-20(17)4/h8-9,11,14,17,19H,6-7,10,12-13H2,1-5H3. The van der Waals surface area contributed by atoms with Crippen molar-refractivity contribution in [3.63, 3.8) is 0 Å². The zero-order chi connectivity index (χ0) is 15.4. The Kier molecular flexibility index (Phi) is 5.65. The number of nitrogens with one attached hydrogen (secondary N) is 1. The van der Waals surface area contributed by atoms with Crippen LogP contribution in [0.4, 0.5) is 5.69 Å². The minimum absolute atomic E-state index is 0.518. The number of anilines is 1. The van der Waals surface area contributed by atoms with Crippen molar-refractivity contribution in [1.82, 2.24) is 10.2 Å². The van der Waals surface area contributed by atoms with E-state index in [-0.39, 0.29) is 0 Å². The molecule has 1 aliphatic heterocycles. The Balaban J connectivity index is 2.09. The van der Waals surface area contributed by atoms with Gasteiger partial charge in [0.2, 0.25) is 0 Å². The van der Waals surface area contributed by atoms with E-state index in [1.54, 1.807) is 0 Å². The Bertz CT molecular complexity index is 456. The molecule has 0 spiro atoms. The summed E-state index contributed by atoms with van der Waals surface area (Å²) in [7, 11) is 4.48. The summed E-state index contributed by atoms with van der Waals surface area (Å²) in [6.45, 7) is 9.88. The van der Waals surface area contributed by atoms with Gasteiger partial charge in [0.05, 0.1) is 0 Å². The van der Waals surface area contributed by atoms with Gasteiger partial charge in [-0.25, -0.2) is 0 Å². The van der Waals surface area contributed by atoms with E-state index in [0.29, 0.717) is 12.1 Å². The van der Waals surface area contributed by atoms with Gasteiger partial charge in [0.15, 0.2) is 0 Å². The van der Waals surface area contributed by atoms with Crippen LogP contribution in [-0.2, 0) is 6.54 Å². The van der Waals surface area contributed by atoms with Crippen LogP contribution in [0, 0.1) is 6.92 Å². The maximum atomic E-state index is 3.55. The molecule has 1 atom stereocenters. The summed E-state index contributed by atoms with van der Waals surface area (Å²) in [4.78, 5) is 4.93. The third kappa shape index (κ3) is 4.45. The fourth-order valence-electron chi connectivity index (χ4n) is 3.17. The minimum atomic E-state index is 0.518. The molecule has 0 radical (unpaired) electrons. The molecule has 21 heavy (non-hydrogen) atoms. The smallest absolute Gasteiger partial charge is 0.0409 e. The molecule has 1 N–H and O–H groups in total. The van der Waals surface area contributed by atoms with E-state index in [1.807, 2.05) is 0 Å². The zero-order valence-electron chi connectivity index (χ0n) is 14.3. The van der Waals surface area contributed by atoms with Crippen molar-refractivity contribution in [2.75, 3.05) is 32.1 Å². The first-order valence-corrected chi connectivity index (χ1v) is 8.21. The van der Waals surface area contributed by atoms with Crippen LogP contribution in [0.3, 0.4) is 0 Å². The molecule has 1 saturated heterocycles. The van der Waals surface area contributed by atoms with Gasteiger partial charge in [-0.3, -0.25) is 0 Å². The lowest BCUT2D eigenvalue weighted by atomic mass is 10.1. The third-order valence-corrected chi connectivity index (χ3v) is 4.50. The number of likely N-dealkylation sites (N-methyl/N-ethyl adjacent to an activating group) is 2. The molecule has 1 unspecified atom stereocenters. The Labute approximate surface area is 130 Å². The summed E-state index contributed by atoms with van der Waals surface area (Å²) in [5.41, 5.74) is 4.12. The van der Waals surface area contributed by atoms with Gasteiger partial charge in [0.25, 0.3) is 0 Å². The molecule has 3 heteroatoms. The Morgan fingerprint density at radius 1 is 1.38 bits per heavy atom. The summed E-state index contributed by atoms with van der Waals surface area (Å²) in [5, 5.41) is 3.55. The summed E-state index contributed by atoms with van der Waals surface area (Å²) < 4.78 is 0. The summed E-state index contributed by atoms with van der Waals surface area (Å²) in [6, 6.07) is 8.04. The number of hydrogen-bond acceptors (Lipinski definition) is 3. The van der Waals surface area contributed by atoms with Crippen LogP contribution in [0.15, 0.2) is 18.2 Å². The van der Waals surface area contributed by atoms with Gasteiger partial charge in [-0.15, -0.1) is 0 Å². The van der Waals surface area contributed by atoms with Crippen LogP contribution in [0.1, 0.15) is 37.8 Å². The third-order valence-electron chi connectivity index (χ3n) is 4.50. The topological polar surface area (TPSA) is 18.5 Å². The average Bonchev–Trinajstić information content (AvgIpc) is 2.82. The first kappa shape index (κ1) is 16.3. The number of likely N-dealkylation sites (tertiary alicyclic amines) is 1. The molecule has 0 aromatic heterocycles. The highest BCUT2D eigenvalue weighted by atomic mass is 15.2. The highest BCUT2D eigenvalue weighted by Gasteiger charge is 2.22. The maximum absolute atomic E-state index is 3.55. The molecule has 0 bridgehead atoms. The fraction of sp³-hybridized carbons (Fsp3) is 0.667. The molecule has 1 heterocycles. The van der Waals surface area contributed by atoms with Gasteiger partial charge in [0.1, 0.15) is 0 Å². The van der Waals surface area contributed by atoms with E-state index >= 15 is 0 Å². The molecular weight excluding hydrogens is 258 g/mol. The highest BCUT2D eigenvalue weighted by Crippen LogP contribution is 2.24. The Morgan fingerprint density at radius 3 is 2.76 bits per heavy atom. The number of benzene rings is 1. The maximum Gasteiger partial charge on any atom is 0.0409 e. The molecule has 0 aliphatic carbocycles. The second-order valence-corrected chi connectivity index (χ2v) is 6.82. The van der Waals surface area contributed by atoms with Crippen molar-refractivity contribution in [2.45, 2.75) is 52.2 Å². The highest BCUT2D eigenvalue weighted by molar-refractivity contribution is 5.54. The van der Waals surface area contributed by atoms with Crippen LogP contribution >= 0.6 is 0 Å². The van der Waals surface area contributed by atoms with Crippen molar-refractivity contribution >= 4 is 5.69 Å². The Morgan fingerprint density at radius 2 is 2.14 bits per heavy atom. The lowest BCUT2D eigenvalue weighted by Gasteiger charge is -2.29. The van der Waals surface area contributed by atoms with Crippen molar-refractivity contribution in [2.24, 2.45) is 0 Å². The van der Waals surface area contributed by atoms with E-state index < -0.39 is 0 Å². The summed E-state index contributed by atoms with van der Waals surface area (Å²) in [6.07, 6.45) is 2.66. The van der Waals surface area contributed by atoms with Gasteiger partial charge in [-0.1, -0.05) is 31.5 Å². The predicted molar refractivity (Wildman–Crippen MR) is 92.1 cm³/mol. The molecule has 118 valence electrons. The van der Waals surface area contributed by atoms with Crippen LogP contribution in [0.25, 0.3) is 0 Å². The lowest BCUT2D eigenvalue weighted by molar-refractivity contribution is 0.314. The number of nitrogens with zero attached hydrogens (tertiary/aromatic N) is 2. The van der Waals surface area contributed by atoms with Crippen molar-refractivity contribution in [3.05, 3.63) is 29.3 Å². The molecule has 1 aliphatic rings. The minimum Gasteiger partial charge on any atom is -0.373 e. The van der Waals surface area contributed by atoms with Gasteiger partial charge in [-0.2, -0.15) is 0 Å². The second kappa shape index (κ2) is 7.28. The zero-order valence-corrected chi connectivity index (χ0v) is 14.3. The largest absolute Gasteiger partial charge is 0.373 e. The van der Waals surface area contributed by atoms with E-state index in [2.05, 4.69) is 68.2 Å². The monoisotopic (exact) mass is 289 g/mol. The number of aryl methyl sites for hydroxylation is 1. The van der Waals surface area contributed by atoms with Crippen molar-refractivity contribution in [1.29, 1.82) is 0 Å². The summed E-state index contributed by atoms with van der Waals surface area (Å²) in [5.74, 6) is 0. The Hall–Kier alpha value is -1.06. The summed E-state index contributed by atoms with van der Waals surface area (Å²) >= 11 is 0. The molecule has 2 rings (SSSR count). The molecule has 1 aromatic carbocycles. The normalized spacial score (nSPS) is 19.4. The fourth-order valence-corrected chi connectivity index (χ4v) is 3.17. The van der Waals surface area contributed by atoms with Crippen molar-refractivity contribution < 1.29 is 0 Å². The number of rotatable bonds is 6. The van der Waals surface area contributed by atoms with E-state index in [1.165, 1.54) is 36.2 Å². The van der Waals surface area contributed by atoms with Gasteiger partial charge >= 0.3 is 0 Å². The van der Waals surface area contributed by atoms with E-state index in [4.69, 9.17) is 0 Å². The molecular formula is C18H31N3. The number of hydrogen-bond donors (Lipinski definition) is 1. The lowest BCUT2D eigenvalue weighted by Crippen LogP contribution is -2.37.